The molecule has 1 heterocycles. The Morgan fingerprint density at radius 2 is 2.19 bits per heavy atom. The van der Waals surface area contributed by atoms with Crippen LogP contribution in [0.15, 0.2) is 35.5 Å². The molecule has 0 spiro atoms. The topological polar surface area (TPSA) is 120 Å². The second kappa shape index (κ2) is 5.97. The summed E-state index contributed by atoms with van der Waals surface area (Å²) in [6.45, 7) is 0.123. The van der Waals surface area contributed by atoms with Gasteiger partial charge in [-0.1, -0.05) is 6.07 Å². The average Bonchev–Trinajstić information content (AvgIpc) is 2.84. The number of non-ortho nitro benzene ring substituents is 1. The second-order valence-corrected chi connectivity index (χ2v) is 6.03. The SMILES string of the molecule is Cn1cnnc1CCNS(=O)(=O)c1cccc([N+](=O)[O-])c1. The zero-order valence-corrected chi connectivity index (χ0v) is 11.9. The second-order valence-electron chi connectivity index (χ2n) is 4.26. The predicted molar refractivity (Wildman–Crippen MR) is 73.0 cm³/mol. The first kappa shape index (κ1) is 15.1. The molecule has 0 fully saturated rings. The van der Waals surface area contributed by atoms with Crippen molar-refractivity contribution in [3.05, 3.63) is 46.5 Å². The minimum atomic E-state index is -3.79. The van der Waals surface area contributed by atoms with Crippen LogP contribution in [0.3, 0.4) is 0 Å². The molecule has 0 aliphatic rings. The van der Waals surface area contributed by atoms with Gasteiger partial charge in [-0.15, -0.1) is 10.2 Å². The van der Waals surface area contributed by atoms with Crippen molar-refractivity contribution in [2.24, 2.45) is 7.05 Å². The van der Waals surface area contributed by atoms with Crippen LogP contribution in [0.4, 0.5) is 5.69 Å². The lowest BCUT2D eigenvalue weighted by Crippen LogP contribution is -2.26. The zero-order chi connectivity index (χ0) is 15.5. The number of hydrogen-bond donors (Lipinski definition) is 1. The van der Waals surface area contributed by atoms with Crippen LogP contribution >= 0.6 is 0 Å². The minimum absolute atomic E-state index is 0.123. The third-order valence-corrected chi connectivity index (χ3v) is 4.24. The molecule has 2 aromatic rings. The maximum absolute atomic E-state index is 12.0. The molecule has 0 radical (unpaired) electrons. The fourth-order valence-electron chi connectivity index (χ4n) is 1.68. The van der Waals surface area contributed by atoms with Gasteiger partial charge in [-0.3, -0.25) is 10.1 Å². The van der Waals surface area contributed by atoms with Crippen molar-refractivity contribution in [2.75, 3.05) is 6.54 Å². The molecular weight excluding hydrogens is 298 g/mol. The number of aromatic nitrogens is 3. The van der Waals surface area contributed by atoms with Gasteiger partial charge < -0.3 is 4.57 Å². The van der Waals surface area contributed by atoms with E-state index in [-0.39, 0.29) is 17.1 Å². The summed E-state index contributed by atoms with van der Waals surface area (Å²) in [6, 6.07) is 4.89. The molecule has 10 heteroatoms. The third-order valence-electron chi connectivity index (χ3n) is 2.78. The van der Waals surface area contributed by atoms with Gasteiger partial charge in [0.25, 0.3) is 5.69 Å². The van der Waals surface area contributed by atoms with Crippen LogP contribution in [-0.2, 0) is 23.5 Å². The number of nitro groups is 1. The first-order valence-corrected chi connectivity index (χ1v) is 7.45. The summed E-state index contributed by atoms with van der Waals surface area (Å²) >= 11 is 0. The van der Waals surface area contributed by atoms with Crippen molar-refractivity contribution in [3.63, 3.8) is 0 Å². The van der Waals surface area contributed by atoms with Crippen LogP contribution in [0.1, 0.15) is 5.82 Å². The number of sulfonamides is 1. The largest absolute Gasteiger partial charge is 0.321 e. The first-order valence-electron chi connectivity index (χ1n) is 5.97. The molecule has 0 saturated carbocycles. The lowest BCUT2D eigenvalue weighted by molar-refractivity contribution is -0.385. The summed E-state index contributed by atoms with van der Waals surface area (Å²) < 4.78 is 28.1. The van der Waals surface area contributed by atoms with E-state index in [2.05, 4.69) is 14.9 Å². The Bertz CT molecular complexity index is 755. The molecule has 1 N–H and O–H groups in total. The predicted octanol–water partition coefficient (Wildman–Crippen LogP) is 0.244. The highest BCUT2D eigenvalue weighted by Gasteiger charge is 2.17. The van der Waals surface area contributed by atoms with E-state index >= 15 is 0 Å². The standard InChI is InChI=1S/C11H13N5O4S/c1-15-8-12-14-11(15)5-6-13-21(19,20)10-4-2-3-9(7-10)16(17)18/h2-4,7-8,13H,5-6H2,1H3. The lowest BCUT2D eigenvalue weighted by Gasteiger charge is -2.06. The molecule has 9 nitrogen and oxygen atoms in total. The Hall–Kier alpha value is -2.33. The molecule has 0 saturated heterocycles. The molecule has 1 aromatic carbocycles. The van der Waals surface area contributed by atoms with E-state index in [9.17, 15) is 18.5 Å². The van der Waals surface area contributed by atoms with Crippen LogP contribution in [-0.4, -0.2) is 34.7 Å². The zero-order valence-electron chi connectivity index (χ0n) is 11.1. The summed E-state index contributed by atoms with van der Waals surface area (Å²) in [7, 11) is -2.04. The molecule has 0 amide bonds. The molecule has 0 atom stereocenters. The van der Waals surface area contributed by atoms with E-state index in [0.717, 1.165) is 6.07 Å². The first-order chi connectivity index (χ1) is 9.90. The Morgan fingerprint density at radius 1 is 1.43 bits per heavy atom. The average molecular weight is 311 g/mol. The van der Waals surface area contributed by atoms with Crippen molar-refractivity contribution < 1.29 is 13.3 Å². The number of nitro benzene ring substituents is 1. The van der Waals surface area contributed by atoms with Crippen molar-refractivity contribution in [3.8, 4) is 0 Å². The van der Waals surface area contributed by atoms with Crippen molar-refractivity contribution in [1.82, 2.24) is 19.5 Å². The molecule has 0 unspecified atom stereocenters. The Labute approximate surface area is 120 Å². The lowest BCUT2D eigenvalue weighted by atomic mass is 10.3. The third kappa shape index (κ3) is 3.61. The van der Waals surface area contributed by atoms with Gasteiger partial charge in [0.05, 0.1) is 9.82 Å². The van der Waals surface area contributed by atoms with Gasteiger partial charge in [-0.25, -0.2) is 13.1 Å². The van der Waals surface area contributed by atoms with E-state index in [4.69, 9.17) is 0 Å². The van der Waals surface area contributed by atoms with E-state index < -0.39 is 14.9 Å². The Kier molecular flexibility index (Phi) is 4.29. The monoisotopic (exact) mass is 311 g/mol. The molecular formula is C11H13N5O4S. The van der Waals surface area contributed by atoms with Gasteiger partial charge in [-0.2, -0.15) is 0 Å². The summed E-state index contributed by atoms with van der Waals surface area (Å²) in [4.78, 5) is 9.88. The summed E-state index contributed by atoms with van der Waals surface area (Å²) in [5.41, 5.74) is -0.272. The molecule has 0 bridgehead atoms. The van der Waals surface area contributed by atoms with E-state index in [1.54, 1.807) is 11.6 Å². The summed E-state index contributed by atoms with van der Waals surface area (Å²) in [6.07, 6.45) is 1.88. The van der Waals surface area contributed by atoms with Crippen LogP contribution in [0.2, 0.25) is 0 Å². The normalized spacial score (nSPS) is 11.5. The van der Waals surface area contributed by atoms with E-state index in [1.165, 1.54) is 24.5 Å². The van der Waals surface area contributed by atoms with Gasteiger partial charge >= 0.3 is 0 Å². The Morgan fingerprint density at radius 3 is 2.81 bits per heavy atom. The maximum atomic E-state index is 12.0. The van der Waals surface area contributed by atoms with Crippen molar-refractivity contribution >= 4 is 15.7 Å². The number of nitrogens with zero attached hydrogens (tertiary/aromatic N) is 4. The number of benzene rings is 1. The van der Waals surface area contributed by atoms with Crippen LogP contribution < -0.4 is 4.72 Å². The van der Waals surface area contributed by atoms with Crippen LogP contribution in [0, 0.1) is 10.1 Å². The smallest absolute Gasteiger partial charge is 0.270 e. The van der Waals surface area contributed by atoms with Gasteiger partial charge in [-0.05, 0) is 6.07 Å². The van der Waals surface area contributed by atoms with Gasteiger partial charge in [0.15, 0.2) is 0 Å². The molecule has 112 valence electrons. The number of rotatable bonds is 6. The van der Waals surface area contributed by atoms with Crippen LogP contribution in [0.5, 0.6) is 0 Å². The molecule has 21 heavy (non-hydrogen) atoms. The Balaban J connectivity index is 2.06. The van der Waals surface area contributed by atoms with E-state index in [0.29, 0.717) is 12.2 Å². The van der Waals surface area contributed by atoms with E-state index in [1.807, 2.05) is 0 Å². The van der Waals surface area contributed by atoms with Gasteiger partial charge in [0.2, 0.25) is 10.0 Å². The maximum Gasteiger partial charge on any atom is 0.270 e. The quantitative estimate of drug-likeness (QED) is 0.603. The number of aryl methyl sites for hydroxylation is 1. The fourth-order valence-corrected chi connectivity index (χ4v) is 2.75. The molecule has 0 aliphatic carbocycles. The highest BCUT2D eigenvalue weighted by atomic mass is 32.2. The van der Waals surface area contributed by atoms with Crippen molar-refractivity contribution in [2.45, 2.75) is 11.3 Å². The number of hydrogen-bond acceptors (Lipinski definition) is 6. The van der Waals surface area contributed by atoms with Gasteiger partial charge in [0.1, 0.15) is 12.2 Å². The molecule has 2 rings (SSSR count). The number of nitrogens with one attached hydrogen (secondary N) is 1. The van der Waals surface area contributed by atoms with Gasteiger partial charge in [0, 0.05) is 32.1 Å². The molecule has 1 aromatic heterocycles. The summed E-state index contributed by atoms with van der Waals surface area (Å²) in [5, 5.41) is 18.2. The summed E-state index contributed by atoms with van der Waals surface area (Å²) in [5.74, 6) is 0.636. The molecule has 0 aliphatic heterocycles. The van der Waals surface area contributed by atoms with Crippen LogP contribution in [0.25, 0.3) is 0 Å². The highest BCUT2D eigenvalue weighted by molar-refractivity contribution is 7.89. The fraction of sp³-hybridized carbons (Fsp3) is 0.273. The van der Waals surface area contributed by atoms with Crippen molar-refractivity contribution in [1.29, 1.82) is 0 Å². The minimum Gasteiger partial charge on any atom is -0.321 e. The highest BCUT2D eigenvalue weighted by Crippen LogP contribution is 2.16.